The molecular formula is C24H28ClIN4O4. The smallest absolute Gasteiger partial charge is 0.410 e. The van der Waals surface area contributed by atoms with Gasteiger partial charge in [-0.2, -0.15) is 0 Å². The van der Waals surface area contributed by atoms with Crippen molar-refractivity contribution >= 4 is 51.6 Å². The second-order valence-electron chi connectivity index (χ2n) is 9.01. The molecule has 4 rings (SSSR count). The molecule has 1 amide bonds. The molecular weight excluding hydrogens is 571 g/mol. The number of ether oxygens (including phenoxy) is 3. The SMILES string of the molecule is COc1cc(OC)c(-c2nc3cc(N4CCN(C(=O)OC(C)(C)C)CC4)ccn3c2I)cc1Cl. The van der Waals surface area contributed by atoms with E-state index in [1.165, 1.54) is 0 Å². The Labute approximate surface area is 217 Å². The number of fused-ring (bicyclic) bond motifs is 1. The molecule has 0 aliphatic carbocycles. The van der Waals surface area contributed by atoms with Crippen LogP contribution >= 0.6 is 34.2 Å². The summed E-state index contributed by atoms with van der Waals surface area (Å²) in [4.78, 5) is 21.3. The lowest BCUT2D eigenvalue weighted by Gasteiger charge is -2.36. The minimum absolute atomic E-state index is 0.262. The Hall–Kier alpha value is -2.40. The van der Waals surface area contributed by atoms with Gasteiger partial charge in [-0.3, -0.25) is 4.40 Å². The number of carbonyl (C=O) groups excluding carboxylic acids is 1. The van der Waals surface area contributed by atoms with Crippen LogP contribution in [0.1, 0.15) is 20.8 Å². The van der Waals surface area contributed by atoms with Crippen LogP contribution in [0.4, 0.5) is 10.5 Å². The van der Waals surface area contributed by atoms with Gasteiger partial charge in [0.05, 0.1) is 19.2 Å². The van der Waals surface area contributed by atoms with Crippen molar-refractivity contribution in [2.45, 2.75) is 26.4 Å². The molecule has 1 saturated heterocycles. The van der Waals surface area contributed by atoms with E-state index in [4.69, 9.17) is 30.8 Å². The molecule has 0 bridgehead atoms. The summed E-state index contributed by atoms with van der Waals surface area (Å²) in [5.41, 5.74) is 2.97. The predicted molar refractivity (Wildman–Crippen MR) is 141 cm³/mol. The fourth-order valence-electron chi connectivity index (χ4n) is 3.89. The van der Waals surface area contributed by atoms with E-state index >= 15 is 0 Å². The van der Waals surface area contributed by atoms with Gasteiger partial charge < -0.3 is 24.0 Å². The van der Waals surface area contributed by atoms with Crippen LogP contribution in [0, 0.1) is 3.70 Å². The Morgan fingerprint density at radius 1 is 1.06 bits per heavy atom. The summed E-state index contributed by atoms with van der Waals surface area (Å²) in [5, 5.41) is 0.495. The number of methoxy groups -OCH3 is 2. The fourth-order valence-corrected chi connectivity index (χ4v) is 4.95. The molecule has 0 N–H and O–H groups in total. The largest absolute Gasteiger partial charge is 0.496 e. The van der Waals surface area contributed by atoms with E-state index in [0.29, 0.717) is 29.6 Å². The number of carbonyl (C=O) groups is 1. The molecule has 8 nitrogen and oxygen atoms in total. The number of pyridine rings is 1. The number of hydrogen-bond acceptors (Lipinski definition) is 6. The van der Waals surface area contributed by atoms with Gasteiger partial charge in [-0.1, -0.05) is 11.6 Å². The second-order valence-corrected chi connectivity index (χ2v) is 10.4. The highest BCUT2D eigenvalue weighted by molar-refractivity contribution is 14.1. The molecule has 182 valence electrons. The topological polar surface area (TPSA) is 68.5 Å². The summed E-state index contributed by atoms with van der Waals surface area (Å²) >= 11 is 8.68. The zero-order chi connectivity index (χ0) is 24.6. The first-order valence-electron chi connectivity index (χ1n) is 10.9. The average Bonchev–Trinajstić information content (AvgIpc) is 3.13. The summed E-state index contributed by atoms with van der Waals surface area (Å²) in [7, 11) is 3.19. The van der Waals surface area contributed by atoms with Crippen LogP contribution in [0.25, 0.3) is 16.9 Å². The predicted octanol–water partition coefficient (Wildman–Crippen LogP) is 5.33. The molecule has 0 spiro atoms. The molecule has 34 heavy (non-hydrogen) atoms. The molecule has 1 aromatic carbocycles. The van der Waals surface area contributed by atoms with Crippen LogP contribution in [0.2, 0.25) is 5.02 Å². The molecule has 1 aliphatic rings. The van der Waals surface area contributed by atoms with Gasteiger partial charge in [-0.05, 0) is 55.5 Å². The molecule has 10 heteroatoms. The molecule has 0 saturated carbocycles. The first-order valence-corrected chi connectivity index (χ1v) is 12.4. The Bertz CT molecular complexity index is 1220. The van der Waals surface area contributed by atoms with Crippen molar-refractivity contribution in [2.75, 3.05) is 45.3 Å². The van der Waals surface area contributed by atoms with Gasteiger partial charge in [0.15, 0.2) is 0 Å². The molecule has 2 aromatic heterocycles. The third-order valence-corrected chi connectivity index (χ3v) is 6.90. The molecule has 1 fully saturated rings. The van der Waals surface area contributed by atoms with E-state index in [0.717, 1.165) is 39.4 Å². The molecule has 0 atom stereocenters. The van der Waals surface area contributed by atoms with Crippen LogP contribution < -0.4 is 14.4 Å². The number of halogens is 2. The van der Waals surface area contributed by atoms with E-state index in [1.807, 2.05) is 37.4 Å². The maximum Gasteiger partial charge on any atom is 0.410 e. The maximum atomic E-state index is 12.4. The summed E-state index contributed by atoms with van der Waals surface area (Å²) < 4.78 is 19.4. The van der Waals surface area contributed by atoms with Crippen molar-refractivity contribution in [3.63, 3.8) is 0 Å². The standard InChI is InChI=1S/C24H28ClIN4O4/c1-24(2,3)34-23(31)29-10-8-28(9-11-29)15-6-7-30-20(12-15)27-21(22(30)26)16-13-17(25)19(33-5)14-18(16)32-4/h6-7,12-14H,8-11H2,1-5H3. The van der Waals surface area contributed by atoms with E-state index in [9.17, 15) is 4.79 Å². The van der Waals surface area contributed by atoms with E-state index in [2.05, 4.69) is 39.6 Å². The van der Waals surface area contributed by atoms with Crippen LogP contribution in [0.5, 0.6) is 11.5 Å². The third kappa shape index (κ3) is 5.00. The van der Waals surface area contributed by atoms with Gasteiger partial charge in [-0.25, -0.2) is 9.78 Å². The molecule has 0 unspecified atom stereocenters. The summed E-state index contributed by atoms with van der Waals surface area (Å²) in [6, 6.07) is 7.72. The lowest BCUT2D eigenvalue weighted by atomic mass is 10.1. The van der Waals surface area contributed by atoms with Crippen molar-refractivity contribution in [3.05, 3.63) is 39.2 Å². The second kappa shape index (κ2) is 9.69. The maximum absolute atomic E-state index is 12.4. The third-order valence-electron chi connectivity index (χ3n) is 5.58. The van der Waals surface area contributed by atoms with Crippen LogP contribution in [-0.2, 0) is 4.74 Å². The van der Waals surface area contributed by atoms with Gasteiger partial charge in [0.2, 0.25) is 0 Å². The van der Waals surface area contributed by atoms with E-state index in [-0.39, 0.29) is 6.09 Å². The zero-order valence-corrected chi connectivity index (χ0v) is 22.8. The number of rotatable bonds is 4. The van der Waals surface area contributed by atoms with Crippen molar-refractivity contribution < 1.29 is 19.0 Å². The van der Waals surface area contributed by atoms with Crippen LogP contribution in [-0.4, -0.2) is 66.4 Å². The Balaban J connectivity index is 1.58. The van der Waals surface area contributed by atoms with Gasteiger partial charge in [0, 0.05) is 55.8 Å². The van der Waals surface area contributed by atoms with E-state index in [1.54, 1.807) is 25.2 Å². The zero-order valence-electron chi connectivity index (χ0n) is 19.9. The molecule has 3 aromatic rings. The number of piperazine rings is 1. The average molecular weight is 599 g/mol. The van der Waals surface area contributed by atoms with Crippen molar-refractivity contribution in [3.8, 4) is 22.8 Å². The van der Waals surface area contributed by atoms with Gasteiger partial charge in [0.25, 0.3) is 0 Å². The Morgan fingerprint density at radius 3 is 2.35 bits per heavy atom. The van der Waals surface area contributed by atoms with Crippen molar-refractivity contribution in [1.29, 1.82) is 0 Å². The monoisotopic (exact) mass is 598 g/mol. The molecule has 0 radical (unpaired) electrons. The van der Waals surface area contributed by atoms with Crippen LogP contribution in [0.3, 0.4) is 0 Å². The number of benzene rings is 1. The van der Waals surface area contributed by atoms with Gasteiger partial charge >= 0.3 is 6.09 Å². The Kier molecular flexibility index (Phi) is 7.04. The van der Waals surface area contributed by atoms with Gasteiger partial charge in [-0.15, -0.1) is 0 Å². The highest BCUT2D eigenvalue weighted by atomic mass is 127. The highest BCUT2D eigenvalue weighted by Gasteiger charge is 2.26. The minimum Gasteiger partial charge on any atom is -0.496 e. The van der Waals surface area contributed by atoms with Crippen molar-refractivity contribution in [2.24, 2.45) is 0 Å². The number of anilines is 1. The number of nitrogens with zero attached hydrogens (tertiary/aromatic N) is 4. The number of hydrogen-bond donors (Lipinski definition) is 0. The summed E-state index contributed by atoms with van der Waals surface area (Å²) in [6.07, 6.45) is 1.75. The lowest BCUT2D eigenvalue weighted by molar-refractivity contribution is 0.0240. The Morgan fingerprint density at radius 2 is 1.74 bits per heavy atom. The summed E-state index contributed by atoms with van der Waals surface area (Å²) in [6.45, 7) is 8.31. The quantitative estimate of drug-likeness (QED) is 0.378. The molecule has 3 heterocycles. The van der Waals surface area contributed by atoms with Crippen LogP contribution in [0.15, 0.2) is 30.5 Å². The van der Waals surface area contributed by atoms with Gasteiger partial charge in [0.1, 0.15) is 32.1 Å². The van der Waals surface area contributed by atoms with Crippen molar-refractivity contribution in [1.82, 2.24) is 14.3 Å². The number of aromatic nitrogens is 2. The number of amides is 1. The number of imidazole rings is 1. The van der Waals surface area contributed by atoms with E-state index < -0.39 is 5.60 Å². The normalized spacial score (nSPS) is 14.4. The minimum atomic E-state index is -0.494. The summed E-state index contributed by atoms with van der Waals surface area (Å²) in [5.74, 6) is 1.19. The highest BCUT2D eigenvalue weighted by Crippen LogP contribution is 2.40. The molecule has 1 aliphatic heterocycles. The lowest BCUT2D eigenvalue weighted by Crippen LogP contribution is -2.50. The first-order chi connectivity index (χ1) is 16.1. The first kappa shape index (κ1) is 24.7. The fraction of sp³-hybridized carbons (Fsp3) is 0.417.